The topological polar surface area (TPSA) is 84.0 Å². The van der Waals surface area contributed by atoms with Gasteiger partial charge in [0.1, 0.15) is 12.4 Å². The molecule has 2 aromatic heterocycles. The summed E-state index contributed by atoms with van der Waals surface area (Å²) >= 11 is 1.37. The second kappa shape index (κ2) is 11.5. The summed E-state index contributed by atoms with van der Waals surface area (Å²) in [6, 6.07) is 15.9. The molecule has 0 saturated carbocycles. The predicted octanol–water partition coefficient (Wildman–Crippen LogP) is 6.59. The number of aromatic amines is 1. The maximum absolute atomic E-state index is 13.6. The molecule has 1 aliphatic rings. The van der Waals surface area contributed by atoms with E-state index in [1.54, 1.807) is 35.6 Å². The molecule has 11 heteroatoms. The highest BCUT2D eigenvalue weighted by Gasteiger charge is 2.43. The van der Waals surface area contributed by atoms with E-state index in [0.29, 0.717) is 28.7 Å². The number of hydrogen-bond donors (Lipinski definition) is 1. The van der Waals surface area contributed by atoms with Crippen molar-refractivity contribution in [3.05, 3.63) is 107 Å². The molecule has 39 heavy (non-hydrogen) atoms. The lowest BCUT2D eigenvalue weighted by Gasteiger charge is -2.43. The van der Waals surface area contributed by atoms with Crippen LogP contribution in [0.2, 0.25) is 0 Å². The van der Waals surface area contributed by atoms with Gasteiger partial charge in [0.15, 0.2) is 5.16 Å². The van der Waals surface area contributed by atoms with Gasteiger partial charge in [0.25, 0.3) is 0 Å². The predicted molar refractivity (Wildman–Crippen MR) is 140 cm³/mol. The number of halogens is 3. The summed E-state index contributed by atoms with van der Waals surface area (Å²) in [7, 11) is 0. The summed E-state index contributed by atoms with van der Waals surface area (Å²) in [5, 5.41) is 0.543. The van der Waals surface area contributed by atoms with Gasteiger partial charge in [-0.25, -0.2) is 19.7 Å². The van der Waals surface area contributed by atoms with Crippen molar-refractivity contribution in [3.63, 3.8) is 0 Å². The van der Waals surface area contributed by atoms with Gasteiger partial charge in [-0.2, -0.15) is 13.2 Å². The van der Waals surface area contributed by atoms with Gasteiger partial charge in [-0.3, -0.25) is 4.90 Å². The smallest absolute Gasteiger partial charge is 0.416 e. The molecule has 1 saturated heterocycles. The molecule has 5 rings (SSSR count). The van der Waals surface area contributed by atoms with E-state index in [1.165, 1.54) is 23.9 Å². The van der Waals surface area contributed by atoms with Gasteiger partial charge in [-0.1, -0.05) is 60.3 Å². The molecule has 3 unspecified atom stereocenters. The Morgan fingerprint density at radius 1 is 1.08 bits per heavy atom. The summed E-state index contributed by atoms with van der Waals surface area (Å²) in [5.41, 5.74) is 1.30. The fraction of sp³-hybridized carbons (Fsp3) is 0.286. The third-order valence-corrected chi connectivity index (χ3v) is 7.43. The summed E-state index contributed by atoms with van der Waals surface area (Å²) in [4.78, 5) is 31.5. The van der Waals surface area contributed by atoms with Crippen LogP contribution in [0.15, 0.2) is 84.4 Å². The summed E-state index contributed by atoms with van der Waals surface area (Å²) < 4.78 is 46.6. The molecule has 2 aromatic carbocycles. The van der Waals surface area contributed by atoms with Crippen molar-refractivity contribution in [2.45, 2.75) is 42.2 Å². The van der Waals surface area contributed by atoms with Gasteiger partial charge >= 0.3 is 12.3 Å². The first-order chi connectivity index (χ1) is 18.8. The zero-order valence-corrected chi connectivity index (χ0v) is 21.8. The molecule has 1 amide bonds. The molecule has 202 valence electrons. The Morgan fingerprint density at radius 2 is 1.90 bits per heavy atom. The zero-order valence-electron chi connectivity index (χ0n) is 21.0. The minimum Gasteiger partial charge on any atom is -0.445 e. The van der Waals surface area contributed by atoms with Crippen LogP contribution in [0, 0.1) is 0 Å². The monoisotopic (exact) mass is 553 g/mol. The first-order valence-electron chi connectivity index (χ1n) is 12.3. The number of nitrogens with one attached hydrogen (secondary N) is 1. The molecule has 0 bridgehead atoms. The van der Waals surface area contributed by atoms with E-state index in [9.17, 15) is 18.0 Å². The van der Waals surface area contributed by atoms with Crippen LogP contribution in [0.4, 0.5) is 18.0 Å². The number of ether oxygens (including phenoxy) is 1. The number of carbonyl (C=O) groups excluding carboxylic acids is 1. The van der Waals surface area contributed by atoms with Crippen molar-refractivity contribution in [2.75, 3.05) is 12.8 Å². The second-order valence-corrected chi connectivity index (χ2v) is 10.00. The molecular formula is C28H26F3N5O2S. The lowest BCUT2D eigenvalue weighted by atomic mass is 9.75. The van der Waals surface area contributed by atoms with E-state index >= 15 is 0 Å². The SMILES string of the molecule is CSc1nccc(C2CN(C(=O)OCc3ccccc3)C(c3ncc[nH]3)CC2c2cccc(C(F)(F)F)c2)n1. The average Bonchev–Trinajstić information content (AvgIpc) is 3.50. The number of rotatable bonds is 6. The van der Waals surface area contributed by atoms with Gasteiger partial charge in [0, 0.05) is 31.1 Å². The molecule has 3 heterocycles. The molecule has 0 spiro atoms. The molecule has 1 fully saturated rings. The molecule has 3 atom stereocenters. The van der Waals surface area contributed by atoms with Crippen molar-refractivity contribution in [2.24, 2.45) is 0 Å². The largest absolute Gasteiger partial charge is 0.445 e. The molecule has 0 radical (unpaired) electrons. The van der Waals surface area contributed by atoms with E-state index < -0.39 is 29.8 Å². The normalized spacial score (nSPS) is 19.6. The maximum Gasteiger partial charge on any atom is 0.416 e. The third-order valence-electron chi connectivity index (χ3n) is 6.87. The van der Waals surface area contributed by atoms with E-state index in [4.69, 9.17) is 4.74 Å². The molecule has 1 N–H and O–H groups in total. The fourth-order valence-electron chi connectivity index (χ4n) is 4.99. The van der Waals surface area contributed by atoms with Crippen molar-refractivity contribution in [3.8, 4) is 0 Å². The number of nitrogens with zero attached hydrogens (tertiary/aromatic N) is 4. The van der Waals surface area contributed by atoms with Crippen molar-refractivity contribution in [1.29, 1.82) is 0 Å². The van der Waals surface area contributed by atoms with Crippen LogP contribution in [-0.2, 0) is 17.5 Å². The van der Waals surface area contributed by atoms with Crippen LogP contribution in [-0.4, -0.2) is 43.7 Å². The highest BCUT2D eigenvalue weighted by atomic mass is 32.2. The minimum absolute atomic E-state index is 0.0902. The van der Waals surface area contributed by atoms with Gasteiger partial charge in [0.2, 0.25) is 0 Å². The number of hydrogen-bond acceptors (Lipinski definition) is 6. The van der Waals surface area contributed by atoms with Gasteiger partial charge in [-0.05, 0) is 41.9 Å². The third kappa shape index (κ3) is 6.08. The Morgan fingerprint density at radius 3 is 2.62 bits per heavy atom. The van der Waals surface area contributed by atoms with Crippen LogP contribution in [0.3, 0.4) is 0 Å². The summed E-state index contributed by atoms with van der Waals surface area (Å²) in [6.07, 6.45) is 2.03. The Balaban J connectivity index is 1.53. The van der Waals surface area contributed by atoms with Crippen molar-refractivity contribution < 1.29 is 22.7 Å². The van der Waals surface area contributed by atoms with Crippen molar-refractivity contribution >= 4 is 17.9 Å². The highest BCUT2D eigenvalue weighted by Crippen LogP contribution is 2.47. The standard InChI is InChI=1S/C28H26F3N5O2S/c1-39-26-34-11-10-23(35-26)22-16-36(27(37)38-17-18-6-3-2-4-7-18)24(25-32-12-13-33-25)15-21(22)19-8-5-9-20(14-19)28(29,30)31/h2-14,21-22,24H,15-17H2,1H3,(H,32,33). The van der Waals surface area contributed by atoms with Crippen LogP contribution in [0.25, 0.3) is 0 Å². The van der Waals surface area contributed by atoms with Gasteiger partial charge in [0.05, 0.1) is 17.3 Å². The lowest BCUT2D eigenvalue weighted by molar-refractivity contribution is -0.137. The molecule has 1 aliphatic heterocycles. The molecular weight excluding hydrogens is 527 g/mol. The van der Waals surface area contributed by atoms with Crippen LogP contribution >= 0.6 is 11.8 Å². The van der Waals surface area contributed by atoms with Crippen LogP contribution < -0.4 is 0 Å². The minimum atomic E-state index is -4.48. The number of benzene rings is 2. The number of imidazole rings is 1. The summed E-state index contributed by atoms with van der Waals surface area (Å²) in [5.74, 6) is -0.252. The Kier molecular flexibility index (Phi) is 7.87. The Labute approximate surface area is 227 Å². The highest BCUT2D eigenvalue weighted by molar-refractivity contribution is 7.98. The van der Waals surface area contributed by atoms with Gasteiger partial charge in [-0.15, -0.1) is 0 Å². The molecule has 0 aliphatic carbocycles. The number of carbonyl (C=O) groups is 1. The summed E-state index contributed by atoms with van der Waals surface area (Å²) in [6.45, 7) is 0.262. The van der Waals surface area contributed by atoms with Crippen molar-refractivity contribution in [1.82, 2.24) is 24.8 Å². The zero-order chi connectivity index (χ0) is 27.4. The van der Waals surface area contributed by atoms with E-state index in [2.05, 4.69) is 19.9 Å². The number of likely N-dealkylation sites (tertiary alicyclic amines) is 1. The number of alkyl halides is 3. The van der Waals surface area contributed by atoms with E-state index in [1.807, 2.05) is 36.6 Å². The lowest BCUT2D eigenvalue weighted by Crippen LogP contribution is -2.45. The van der Waals surface area contributed by atoms with Crippen LogP contribution in [0.1, 0.15) is 52.5 Å². The quantitative estimate of drug-likeness (QED) is 0.214. The number of piperidine rings is 1. The second-order valence-electron chi connectivity index (χ2n) is 9.22. The number of amides is 1. The average molecular weight is 554 g/mol. The first kappa shape index (κ1) is 26.7. The maximum atomic E-state index is 13.6. The number of H-pyrrole nitrogens is 1. The van der Waals surface area contributed by atoms with Crippen LogP contribution in [0.5, 0.6) is 0 Å². The van der Waals surface area contributed by atoms with E-state index in [-0.39, 0.29) is 19.1 Å². The van der Waals surface area contributed by atoms with Gasteiger partial charge < -0.3 is 9.72 Å². The Bertz CT molecular complexity index is 1400. The fourth-order valence-corrected chi connectivity index (χ4v) is 5.36. The number of aromatic nitrogens is 4. The first-order valence-corrected chi connectivity index (χ1v) is 13.6. The molecule has 7 nitrogen and oxygen atoms in total. The van der Waals surface area contributed by atoms with E-state index in [0.717, 1.165) is 11.6 Å². The Hall–Kier alpha value is -3.86. The molecule has 4 aromatic rings. The number of thioether (sulfide) groups is 1.